The zero-order valence-corrected chi connectivity index (χ0v) is 25.2. The van der Waals surface area contributed by atoms with Crippen LogP contribution in [0.1, 0.15) is 51.0 Å². The van der Waals surface area contributed by atoms with Crippen molar-refractivity contribution in [3.63, 3.8) is 0 Å². The fourth-order valence-corrected chi connectivity index (χ4v) is 7.82. The molecular weight excluding hydrogens is 560 g/mol. The molecule has 4 aromatic rings. The van der Waals surface area contributed by atoms with Gasteiger partial charge in [0.05, 0.1) is 6.61 Å². The summed E-state index contributed by atoms with van der Waals surface area (Å²) in [6.07, 6.45) is 7.41. The van der Waals surface area contributed by atoms with Crippen LogP contribution in [0, 0.1) is 17.0 Å². The Balaban J connectivity index is 1.23. The van der Waals surface area contributed by atoms with E-state index in [2.05, 4.69) is 15.1 Å². The molecule has 8 rings (SSSR count). The van der Waals surface area contributed by atoms with Gasteiger partial charge < -0.3 is 25.0 Å². The van der Waals surface area contributed by atoms with E-state index in [1.807, 2.05) is 13.0 Å². The molecule has 2 unspecified atom stereocenters. The number of aryl methyl sites for hydroxylation is 1. The van der Waals surface area contributed by atoms with Crippen LogP contribution in [-0.2, 0) is 6.42 Å². The number of nitrogens with one attached hydrogen (secondary N) is 1. The van der Waals surface area contributed by atoms with Crippen LogP contribution in [0.2, 0.25) is 0 Å². The molecule has 230 valence electrons. The highest BCUT2D eigenvalue weighted by Gasteiger charge is 2.45. The summed E-state index contributed by atoms with van der Waals surface area (Å²) < 4.78 is 38.1. The maximum absolute atomic E-state index is 16.8. The molecule has 1 aliphatic carbocycles. The molecule has 4 aliphatic rings. The van der Waals surface area contributed by atoms with Gasteiger partial charge in [-0.1, -0.05) is 19.1 Å². The lowest BCUT2D eigenvalue weighted by atomic mass is 9.92. The quantitative estimate of drug-likeness (QED) is 0.250. The summed E-state index contributed by atoms with van der Waals surface area (Å²) in [5.41, 5.74) is 1.50. The van der Waals surface area contributed by atoms with Crippen molar-refractivity contribution < 1.29 is 18.6 Å². The Labute approximate surface area is 256 Å². The third-order valence-electron chi connectivity index (χ3n) is 10.3. The summed E-state index contributed by atoms with van der Waals surface area (Å²) in [5, 5.41) is 16.2. The fraction of sp³-hybridized carbons (Fsp3) is 0.486. The molecule has 2 N–H and O–H groups in total. The Kier molecular flexibility index (Phi) is 6.86. The smallest absolute Gasteiger partial charge is 0.319 e. The van der Waals surface area contributed by atoms with Crippen LogP contribution < -0.4 is 15.0 Å². The van der Waals surface area contributed by atoms with Gasteiger partial charge in [0, 0.05) is 48.1 Å². The average Bonchev–Trinajstić information content (AvgIpc) is 3.42. The number of benzene rings is 3. The monoisotopic (exact) mass is 599 g/mol. The molecule has 7 nitrogen and oxygen atoms in total. The van der Waals surface area contributed by atoms with Gasteiger partial charge in [-0.25, -0.2) is 8.78 Å². The second-order valence-corrected chi connectivity index (χ2v) is 13.4. The maximum atomic E-state index is 16.8. The van der Waals surface area contributed by atoms with E-state index in [1.54, 1.807) is 18.2 Å². The lowest BCUT2D eigenvalue weighted by molar-refractivity contribution is 0.170. The minimum Gasteiger partial charge on any atom is -0.508 e. The van der Waals surface area contributed by atoms with Crippen molar-refractivity contribution in [1.29, 1.82) is 0 Å². The molecule has 1 aromatic heterocycles. The number of rotatable bonds is 8. The minimum absolute atomic E-state index is 0.00270. The molecule has 4 fully saturated rings. The van der Waals surface area contributed by atoms with Gasteiger partial charge in [0.25, 0.3) is 0 Å². The largest absolute Gasteiger partial charge is 0.508 e. The van der Waals surface area contributed by atoms with E-state index < -0.39 is 5.82 Å². The predicted molar refractivity (Wildman–Crippen MR) is 168 cm³/mol. The van der Waals surface area contributed by atoms with E-state index in [4.69, 9.17) is 14.7 Å². The molecule has 44 heavy (non-hydrogen) atoms. The first-order chi connectivity index (χ1) is 21.4. The molecule has 1 saturated carbocycles. The van der Waals surface area contributed by atoms with Crippen molar-refractivity contribution in [1.82, 2.24) is 20.2 Å². The normalized spacial score (nSPS) is 22.8. The number of aromatic hydroxyl groups is 1. The third-order valence-corrected chi connectivity index (χ3v) is 10.3. The zero-order chi connectivity index (χ0) is 30.0. The number of phenolic OH excluding ortho intramolecular Hbond substituents is 1. The van der Waals surface area contributed by atoms with E-state index in [-0.39, 0.29) is 34.1 Å². The molecule has 0 radical (unpaired) electrons. The number of halogens is 2. The SMILES string of the molecule is CCc1c(F)ccc2cc(O)cc(-c3ccc4c(N5CC6CCC(C5)N6)nc(OCC5(CN6CCCC6)CC5)nc4c3F)c12. The topological polar surface area (TPSA) is 73.8 Å². The van der Waals surface area contributed by atoms with Gasteiger partial charge in [-0.05, 0) is 104 Å². The summed E-state index contributed by atoms with van der Waals surface area (Å²) in [6.45, 7) is 7.29. The van der Waals surface area contributed by atoms with Crippen LogP contribution in [0.25, 0.3) is 32.8 Å². The molecule has 3 aliphatic heterocycles. The van der Waals surface area contributed by atoms with Crippen LogP contribution in [0.5, 0.6) is 11.8 Å². The molecule has 0 spiro atoms. The van der Waals surface area contributed by atoms with E-state index in [1.165, 1.54) is 25.0 Å². The highest BCUT2D eigenvalue weighted by atomic mass is 19.1. The number of piperazine rings is 1. The first-order valence-corrected chi connectivity index (χ1v) is 16.2. The van der Waals surface area contributed by atoms with Crippen LogP contribution in [-0.4, -0.2) is 71.4 Å². The first kappa shape index (κ1) is 28.0. The Morgan fingerprint density at radius 3 is 2.50 bits per heavy atom. The van der Waals surface area contributed by atoms with E-state index in [9.17, 15) is 9.50 Å². The number of aromatic nitrogens is 2. The standard InChI is InChI=1S/C35H39F2N5O2/c1-2-25-29(36)10-5-21-15-24(43)16-28(30(21)25)26-8-9-27-32(31(26)37)39-34(40-33(27)42-17-22-6-7-23(18-42)38-22)44-20-35(11-12-35)19-41-13-3-4-14-41/h5,8-10,15-16,22-23,38,43H,2-4,6-7,11-14,17-20H2,1H3. The van der Waals surface area contributed by atoms with Crippen molar-refractivity contribution in [3.8, 4) is 22.9 Å². The number of fused-ring (bicyclic) bond motifs is 4. The molecule has 3 saturated heterocycles. The van der Waals surface area contributed by atoms with Gasteiger partial charge in [0.2, 0.25) is 0 Å². The first-order valence-electron chi connectivity index (χ1n) is 16.2. The molecule has 0 amide bonds. The average molecular weight is 600 g/mol. The fourth-order valence-electron chi connectivity index (χ4n) is 7.82. The van der Waals surface area contributed by atoms with Crippen molar-refractivity contribution in [3.05, 3.63) is 53.6 Å². The van der Waals surface area contributed by atoms with Crippen molar-refractivity contribution in [2.45, 2.75) is 64.0 Å². The number of likely N-dealkylation sites (tertiary alicyclic amines) is 1. The Bertz CT molecular complexity index is 1740. The number of hydrogen-bond donors (Lipinski definition) is 2. The lowest BCUT2D eigenvalue weighted by Gasteiger charge is -2.34. The molecule has 2 bridgehead atoms. The van der Waals surface area contributed by atoms with Crippen LogP contribution in [0.15, 0.2) is 36.4 Å². The Morgan fingerprint density at radius 1 is 1.00 bits per heavy atom. The summed E-state index contributed by atoms with van der Waals surface area (Å²) in [7, 11) is 0. The number of anilines is 1. The van der Waals surface area contributed by atoms with Gasteiger partial charge in [-0.3, -0.25) is 0 Å². The maximum Gasteiger partial charge on any atom is 0.319 e. The molecule has 2 atom stereocenters. The van der Waals surface area contributed by atoms with Gasteiger partial charge >= 0.3 is 6.01 Å². The summed E-state index contributed by atoms with van der Waals surface area (Å²) >= 11 is 0. The van der Waals surface area contributed by atoms with Gasteiger partial charge in [0.15, 0.2) is 5.82 Å². The van der Waals surface area contributed by atoms with Crippen LogP contribution in [0.4, 0.5) is 14.6 Å². The highest BCUT2D eigenvalue weighted by Crippen LogP contribution is 2.47. The second-order valence-electron chi connectivity index (χ2n) is 13.4. The summed E-state index contributed by atoms with van der Waals surface area (Å²) in [4.78, 5) is 14.4. The summed E-state index contributed by atoms with van der Waals surface area (Å²) in [6, 6.07) is 10.7. The van der Waals surface area contributed by atoms with Crippen molar-refractivity contribution >= 4 is 27.5 Å². The molecular formula is C35H39F2N5O2. The van der Waals surface area contributed by atoms with Crippen LogP contribution in [0.3, 0.4) is 0 Å². The number of phenols is 1. The highest BCUT2D eigenvalue weighted by molar-refractivity contribution is 6.03. The van der Waals surface area contributed by atoms with E-state index in [0.717, 1.165) is 58.4 Å². The number of nitrogens with zero attached hydrogens (tertiary/aromatic N) is 4. The van der Waals surface area contributed by atoms with Crippen molar-refractivity contribution in [2.24, 2.45) is 5.41 Å². The number of ether oxygens (including phenoxy) is 1. The molecule has 9 heteroatoms. The van der Waals surface area contributed by atoms with Crippen LogP contribution >= 0.6 is 0 Å². The summed E-state index contributed by atoms with van der Waals surface area (Å²) in [5.74, 6) is -0.174. The lowest BCUT2D eigenvalue weighted by Crippen LogP contribution is -2.51. The zero-order valence-electron chi connectivity index (χ0n) is 25.2. The van der Waals surface area contributed by atoms with Gasteiger partial charge in [-0.2, -0.15) is 9.97 Å². The molecule has 4 heterocycles. The predicted octanol–water partition coefficient (Wildman–Crippen LogP) is 6.19. The van der Waals surface area contributed by atoms with Gasteiger partial charge in [-0.15, -0.1) is 0 Å². The third kappa shape index (κ3) is 4.94. The minimum atomic E-state index is -0.523. The molecule has 3 aromatic carbocycles. The van der Waals surface area contributed by atoms with E-state index >= 15 is 4.39 Å². The second kappa shape index (κ2) is 10.8. The van der Waals surface area contributed by atoms with Crippen molar-refractivity contribution in [2.75, 3.05) is 44.2 Å². The Hall–Kier alpha value is -3.56. The van der Waals surface area contributed by atoms with E-state index in [0.29, 0.717) is 58.2 Å². The number of hydrogen-bond acceptors (Lipinski definition) is 7. The van der Waals surface area contributed by atoms with Gasteiger partial charge in [0.1, 0.15) is 22.9 Å². The Morgan fingerprint density at radius 2 is 1.77 bits per heavy atom.